The highest BCUT2D eigenvalue weighted by atomic mass is 16.4. The molecule has 4 N–H and O–H groups in total. The maximum Gasteiger partial charge on any atom is 0.326 e. The van der Waals surface area contributed by atoms with E-state index in [1.807, 2.05) is 30.3 Å². The number of nitrogens with one attached hydrogen (secondary N) is 1. The highest BCUT2D eigenvalue weighted by Gasteiger charge is 2.23. The minimum absolute atomic E-state index is 0.0889. The van der Waals surface area contributed by atoms with E-state index in [1.54, 1.807) is 13.8 Å². The van der Waals surface area contributed by atoms with Crippen LogP contribution in [0.4, 0.5) is 0 Å². The van der Waals surface area contributed by atoms with Gasteiger partial charge in [0.1, 0.15) is 6.04 Å². The molecule has 1 unspecified atom stereocenters. The van der Waals surface area contributed by atoms with Gasteiger partial charge < -0.3 is 16.2 Å². The number of nitrogens with two attached hydrogens (primary N) is 1. The summed E-state index contributed by atoms with van der Waals surface area (Å²) in [5.41, 5.74) is 5.94. The van der Waals surface area contributed by atoms with Gasteiger partial charge in [0, 0.05) is 18.4 Å². The van der Waals surface area contributed by atoms with Crippen molar-refractivity contribution < 1.29 is 14.7 Å². The van der Waals surface area contributed by atoms with Crippen LogP contribution in [0.1, 0.15) is 25.8 Å². The monoisotopic (exact) mass is 264 g/mol. The first-order valence-corrected chi connectivity index (χ1v) is 6.13. The second-order valence-corrected chi connectivity index (χ2v) is 5.31. The van der Waals surface area contributed by atoms with E-state index < -0.39 is 17.6 Å². The summed E-state index contributed by atoms with van der Waals surface area (Å²) < 4.78 is 0. The maximum atomic E-state index is 11.7. The molecule has 5 nitrogen and oxygen atoms in total. The van der Waals surface area contributed by atoms with Gasteiger partial charge in [-0.1, -0.05) is 30.3 Å². The molecule has 104 valence electrons. The minimum atomic E-state index is -1.05. The van der Waals surface area contributed by atoms with Gasteiger partial charge in [-0.25, -0.2) is 4.79 Å². The van der Waals surface area contributed by atoms with Crippen molar-refractivity contribution in [2.75, 3.05) is 0 Å². The highest BCUT2D eigenvalue weighted by Crippen LogP contribution is 2.06. The molecule has 0 aliphatic heterocycles. The molecular formula is C14H20N2O3. The average Bonchev–Trinajstić information content (AvgIpc) is 2.26. The Bertz CT molecular complexity index is 438. The Morgan fingerprint density at radius 2 is 1.89 bits per heavy atom. The number of carbonyl (C=O) groups is 2. The largest absolute Gasteiger partial charge is 0.480 e. The number of rotatable bonds is 6. The van der Waals surface area contributed by atoms with Crippen LogP contribution in [-0.4, -0.2) is 28.6 Å². The Kier molecular flexibility index (Phi) is 5.06. The lowest BCUT2D eigenvalue weighted by Crippen LogP contribution is -2.46. The van der Waals surface area contributed by atoms with Crippen LogP contribution in [-0.2, 0) is 16.0 Å². The topological polar surface area (TPSA) is 92.4 Å². The van der Waals surface area contributed by atoms with Crippen molar-refractivity contribution in [1.82, 2.24) is 5.32 Å². The number of aliphatic carboxylic acids is 1. The number of carboxylic acid groups (broad SMARTS) is 1. The van der Waals surface area contributed by atoms with E-state index in [0.29, 0.717) is 0 Å². The zero-order chi connectivity index (χ0) is 14.5. The Morgan fingerprint density at radius 1 is 1.32 bits per heavy atom. The van der Waals surface area contributed by atoms with Crippen LogP contribution in [0.25, 0.3) is 0 Å². The third kappa shape index (κ3) is 6.01. The fraction of sp³-hybridized carbons (Fsp3) is 0.429. The summed E-state index contributed by atoms with van der Waals surface area (Å²) in [5, 5.41) is 11.6. The third-order valence-corrected chi connectivity index (χ3v) is 2.53. The van der Waals surface area contributed by atoms with Crippen molar-refractivity contribution in [2.45, 2.75) is 38.3 Å². The fourth-order valence-electron chi connectivity index (χ4n) is 1.71. The Balaban J connectivity index is 2.64. The van der Waals surface area contributed by atoms with Gasteiger partial charge >= 0.3 is 5.97 Å². The lowest BCUT2D eigenvalue weighted by atomic mass is 10.0. The first kappa shape index (κ1) is 15.2. The molecule has 1 aromatic rings. The van der Waals surface area contributed by atoms with Crippen LogP contribution in [0, 0.1) is 0 Å². The van der Waals surface area contributed by atoms with Crippen LogP contribution in [0.15, 0.2) is 30.3 Å². The molecule has 1 aromatic carbocycles. The van der Waals surface area contributed by atoms with Gasteiger partial charge in [0.15, 0.2) is 0 Å². The van der Waals surface area contributed by atoms with Crippen molar-refractivity contribution in [1.29, 1.82) is 0 Å². The normalized spacial score (nSPS) is 12.8. The molecule has 0 aliphatic rings. The molecule has 0 bridgehead atoms. The van der Waals surface area contributed by atoms with Gasteiger partial charge in [0.2, 0.25) is 5.91 Å². The van der Waals surface area contributed by atoms with Gasteiger partial charge in [-0.05, 0) is 19.4 Å². The first-order chi connectivity index (χ1) is 8.78. The molecule has 0 radical (unpaired) electrons. The van der Waals surface area contributed by atoms with Gasteiger partial charge in [-0.15, -0.1) is 0 Å². The predicted octanol–water partition coefficient (Wildman–Crippen LogP) is 0.926. The number of hydrogen-bond acceptors (Lipinski definition) is 3. The average molecular weight is 264 g/mol. The maximum absolute atomic E-state index is 11.7. The molecule has 0 spiro atoms. The van der Waals surface area contributed by atoms with Gasteiger partial charge in [-0.2, -0.15) is 0 Å². The van der Waals surface area contributed by atoms with E-state index in [-0.39, 0.29) is 18.7 Å². The van der Waals surface area contributed by atoms with E-state index in [9.17, 15) is 9.59 Å². The summed E-state index contributed by atoms with van der Waals surface area (Å²) >= 11 is 0. The summed E-state index contributed by atoms with van der Waals surface area (Å²) in [4.78, 5) is 22.9. The van der Waals surface area contributed by atoms with Crippen LogP contribution < -0.4 is 11.1 Å². The Morgan fingerprint density at radius 3 is 2.37 bits per heavy atom. The lowest BCUT2D eigenvalue weighted by molar-refractivity contribution is -0.141. The quantitative estimate of drug-likeness (QED) is 0.712. The van der Waals surface area contributed by atoms with Crippen LogP contribution in [0.3, 0.4) is 0 Å². The van der Waals surface area contributed by atoms with E-state index >= 15 is 0 Å². The molecule has 1 amide bonds. The van der Waals surface area contributed by atoms with E-state index in [1.165, 1.54) is 0 Å². The number of hydrogen-bond donors (Lipinski definition) is 3. The lowest BCUT2D eigenvalue weighted by Gasteiger charge is -2.20. The summed E-state index contributed by atoms with van der Waals surface area (Å²) in [6.07, 6.45) is 0.346. The molecule has 1 atom stereocenters. The molecule has 0 aliphatic carbocycles. The molecule has 0 aromatic heterocycles. The number of amides is 1. The Labute approximate surface area is 112 Å². The molecule has 1 rings (SSSR count). The summed E-state index contributed by atoms with van der Waals surface area (Å²) in [7, 11) is 0. The molecule has 5 heteroatoms. The van der Waals surface area contributed by atoms with Gasteiger partial charge in [0.25, 0.3) is 0 Å². The minimum Gasteiger partial charge on any atom is -0.480 e. The zero-order valence-electron chi connectivity index (χ0n) is 11.2. The molecule has 19 heavy (non-hydrogen) atoms. The van der Waals surface area contributed by atoms with Crippen LogP contribution >= 0.6 is 0 Å². The number of benzene rings is 1. The summed E-state index contributed by atoms with van der Waals surface area (Å²) in [6, 6.07) is 8.24. The molecule has 0 saturated carbocycles. The third-order valence-electron chi connectivity index (χ3n) is 2.53. The fourth-order valence-corrected chi connectivity index (χ4v) is 1.71. The SMILES string of the molecule is CC(C)(N)CC(=O)NC(Cc1ccccc1)C(=O)O. The zero-order valence-corrected chi connectivity index (χ0v) is 11.2. The molecular weight excluding hydrogens is 244 g/mol. The second-order valence-electron chi connectivity index (χ2n) is 5.31. The second kappa shape index (κ2) is 6.33. The summed E-state index contributed by atoms with van der Waals surface area (Å²) in [6.45, 7) is 3.44. The van der Waals surface area contributed by atoms with E-state index in [0.717, 1.165) is 5.56 Å². The standard InChI is InChI=1S/C14H20N2O3/c1-14(2,15)9-12(17)16-11(13(18)19)8-10-6-4-3-5-7-10/h3-7,11H,8-9,15H2,1-2H3,(H,16,17)(H,18,19). The number of carboxylic acids is 1. The predicted molar refractivity (Wildman–Crippen MR) is 72.6 cm³/mol. The van der Waals surface area contributed by atoms with Crippen molar-refractivity contribution in [3.05, 3.63) is 35.9 Å². The van der Waals surface area contributed by atoms with Crippen molar-refractivity contribution >= 4 is 11.9 Å². The smallest absolute Gasteiger partial charge is 0.326 e. The van der Waals surface area contributed by atoms with Crippen LogP contribution in [0.5, 0.6) is 0 Å². The molecule has 0 heterocycles. The summed E-state index contributed by atoms with van der Waals surface area (Å²) in [5.74, 6) is -1.40. The first-order valence-electron chi connectivity index (χ1n) is 6.13. The Hall–Kier alpha value is -1.88. The van der Waals surface area contributed by atoms with Crippen LogP contribution in [0.2, 0.25) is 0 Å². The number of carbonyl (C=O) groups excluding carboxylic acids is 1. The van der Waals surface area contributed by atoms with E-state index in [2.05, 4.69) is 5.32 Å². The highest BCUT2D eigenvalue weighted by molar-refractivity contribution is 5.84. The molecule has 0 fully saturated rings. The van der Waals surface area contributed by atoms with E-state index in [4.69, 9.17) is 10.8 Å². The molecule has 0 saturated heterocycles. The van der Waals surface area contributed by atoms with Gasteiger partial charge in [-0.3, -0.25) is 4.79 Å². The van der Waals surface area contributed by atoms with Crippen molar-refractivity contribution in [3.63, 3.8) is 0 Å². The van der Waals surface area contributed by atoms with Crippen molar-refractivity contribution in [3.8, 4) is 0 Å². The van der Waals surface area contributed by atoms with Gasteiger partial charge in [0.05, 0.1) is 0 Å². The van der Waals surface area contributed by atoms with Crippen molar-refractivity contribution in [2.24, 2.45) is 5.73 Å².